The van der Waals surface area contributed by atoms with Crippen LogP contribution in [0, 0.1) is 0 Å². The van der Waals surface area contributed by atoms with Crippen molar-refractivity contribution in [2.45, 2.75) is 6.10 Å². The Balaban J connectivity index is -0.000000327. The summed E-state index contributed by atoms with van der Waals surface area (Å²) in [7, 11) is 0. The molecular weight excluding hydrogens is 279 g/mol. The molecule has 0 rings (SSSR count). The Bertz CT molecular complexity index is 260. The molecule has 0 aliphatic rings. The van der Waals surface area contributed by atoms with E-state index in [4.69, 9.17) is 15.3 Å². The van der Waals surface area contributed by atoms with Crippen molar-refractivity contribution in [2.24, 2.45) is 0 Å². The van der Waals surface area contributed by atoms with Gasteiger partial charge in [-0.3, -0.25) is 14.5 Å². The molecule has 3 N–H and O–H groups in total. The second kappa shape index (κ2) is 14.7. The van der Waals surface area contributed by atoms with Crippen LogP contribution in [0.4, 0.5) is 0 Å². The van der Waals surface area contributed by atoms with Gasteiger partial charge < -0.3 is 25.2 Å². The molecule has 0 fully saturated rings. The van der Waals surface area contributed by atoms with Crippen LogP contribution in [0.1, 0.15) is 0 Å². The smallest absolute Gasteiger partial charge is 0.547 e. The van der Waals surface area contributed by atoms with Gasteiger partial charge >= 0.3 is 101 Å². The van der Waals surface area contributed by atoms with Crippen LogP contribution in [0.25, 0.3) is 0 Å². The Hall–Kier alpha value is 1.33. The van der Waals surface area contributed by atoms with Gasteiger partial charge in [0.1, 0.15) is 6.10 Å². The third-order valence-corrected chi connectivity index (χ3v) is 1.42. The van der Waals surface area contributed by atoms with Crippen molar-refractivity contribution in [3.63, 3.8) is 0 Å². The molecule has 0 aromatic rings. The Morgan fingerprint density at radius 1 is 1.00 bits per heavy atom. The molecule has 0 aromatic carbocycles. The van der Waals surface area contributed by atoms with E-state index in [1.54, 1.807) is 0 Å². The number of carbonyl (C=O) groups excluding carboxylic acids is 1. The Morgan fingerprint density at radius 3 is 1.56 bits per heavy atom. The summed E-state index contributed by atoms with van der Waals surface area (Å²) in [6, 6.07) is 0. The van der Waals surface area contributed by atoms with Crippen molar-refractivity contribution in [1.82, 2.24) is 4.90 Å². The number of nitrogens with zero attached hydrogens (tertiary/aromatic N) is 1. The monoisotopic (exact) mass is 289 g/mol. The zero-order valence-electron chi connectivity index (χ0n) is 10.6. The summed E-state index contributed by atoms with van der Waals surface area (Å²) in [4.78, 5) is 31.4. The van der Waals surface area contributed by atoms with Crippen molar-refractivity contribution in [3.8, 4) is 0 Å². The summed E-state index contributed by atoms with van der Waals surface area (Å²) in [5.74, 6) is -4.42. The summed E-state index contributed by atoms with van der Waals surface area (Å²) in [5, 5.41) is 35.7. The van der Waals surface area contributed by atoms with Crippen molar-refractivity contribution in [1.29, 1.82) is 0 Å². The zero-order chi connectivity index (χ0) is 12.0. The van der Waals surface area contributed by atoms with Crippen molar-refractivity contribution in [2.75, 3.05) is 19.6 Å². The van der Waals surface area contributed by atoms with E-state index in [-0.39, 0.29) is 88.7 Å². The maximum atomic E-state index is 10.3. The molecule has 18 heavy (non-hydrogen) atoms. The third kappa shape index (κ3) is 15.4. The topological polar surface area (TPSA) is 138 Å². The van der Waals surface area contributed by atoms with Crippen LogP contribution in [-0.4, -0.2) is 63.9 Å². The fraction of sp³-hybridized carbons (Fsp3) is 0.571. The van der Waals surface area contributed by atoms with Crippen LogP contribution < -0.4 is 93.8 Å². The van der Waals surface area contributed by atoms with Crippen LogP contribution in [-0.2, 0) is 14.4 Å². The van der Waals surface area contributed by atoms with Gasteiger partial charge in [-0.15, -0.1) is 0 Å². The van der Waals surface area contributed by atoms with E-state index in [9.17, 15) is 19.5 Å². The van der Waals surface area contributed by atoms with Crippen LogP contribution in [0.15, 0.2) is 0 Å². The first-order valence-electron chi connectivity index (χ1n) is 3.87. The molecular formula is C7H10NNa3O7+2. The standard InChI is InChI=1S/C7H11NO7.3Na/c9-4(7(14)15)1-8(2-5(10)11)3-6(12)13;;;/h4,9H,1-3H2,(H,10,11)(H,12,13)(H,14,15);;;/q;3*+1/p-1. The fourth-order valence-electron chi connectivity index (χ4n) is 0.887. The second-order valence-corrected chi connectivity index (χ2v) is 2.79. The molecule has 8 nitrogen and oxygen atoms in total. The SMILES string of the molecule is O=C(O)CN(CC(=O)O)CC(O)C(=O)[O-].[Na+].[Na+].[Na+]. The number of aliphatic hydroxyl groups is 1. The molecule has 0 saturated heterocycles. The van der Waals surface area contributed by atoms with E-state index in [2.05, 4.69) is 0 Å². The number of rotatable bonds is 7. The average Bonchev–Trinajstić information content (AvgIpc) is 2.00. The van der Waals surface area contributed by atoms with Gasteiger partial charge in [-0.1, -0.05) is 0 Å². The molecule has 0 saturated carbocycles. The van der Waals surface area contributed by atoms with Gasteiger partial charge in [0, 0.05) is 6.54 Å². The van der Waals surface area contributed by atoms with E-state index < -0.39 is 43.6 Å². The van der Waals surface area contributed by atoms with Gasteiger partial charge in [-0.2, -0.15) is 0 Å². The molecule has 0 amide bonds. The number of aliphatic carboxylic acids is 3. The normalized spacial score (nSPS) is 10.3. The largest absolute Gasteiger partial charge is 1.00 e. The molecule has 0 aromatic heterocycles. The number of carboxylic acids is 3. The molecule has 1 unspecified atom stereocenters. The van der Waals surface area contributed by atoms with E-state index in [0.29, 0.717) is 0 Å². The molecule has 0 aliphatic heterocycles. The minimum absolute atomic E-state index is 0. The van der Waals surface area contributed by atoms with Gasteiger partial charge in [0.15, 0.2) is 0 Å². The van der Waals surface area contributed by atoms with Gasteiger partial charge in [0.25, 0.3) is 0 Å². The van der Waals surface area contributed by atoms with Crippen LogP contribution in [0.2, 0.25) is 0 Å². The predicted octanol–water partition coefficient (Wildman–Crippen LogP) is -12.4. The molecule has 0 radical (unpaired) electrons. The molecule has 0 heterocycles. The first-order valence-corrected chi connectivity index (χ1v) is 3.87. The van der Waals surface area contributed by atoms with Crippen molar-refractivity contribution in [3.05, 3.63) is 0 Å². The number of hydrogen-bond acceptors (Lipinski definition) is 6. The summed E-state index contributed by atoms with van der Waals surface area (Å²) in [6.45, 7) is -1.95. The summed E-state index contributed by atoms with van der Waals surface area (Å²) >= 11 is 0. The zero-order valence-corrected chi connectivity index (χ0v) is 16.6. The van der Waals surface area contributed by atoms with E-state index >= 15 is 0 Å². The molecule has 1 atom stereocenters. The average molecular weight is 289 g/mol. The van der Waals surface area contributed by atoms with Gasteiger partial charge in [-0.25, -0.2) is 0 Å². The minimum atomic E-state index is -1.91. The van der Waals surface area contributed by atoms with Gasteiger partial charge in [0.05, 0.1) is 19.1 Å². The maximum Gasteiger partial charge on any atom is 1.00 e. The first kappa shape index (κ1) is 27.6. The van der Waals surface area contributed by atoms with E-state index in [1.165, 1.54) is 0 Å². The first-order chi connectivity index (χ1) is 6.82. The molecule has 11 heteroatoms. The number of hydrogen-bond donors (Lipinski definition) is 3. The van der Waals surface area contributed by atoms with Gasteiger partial charge in [0.2, 0.25) is 0 Å². The second-order valence-electron chi connectivity index (χ2n) is 2.79. The maximum absolute atomic E-state index is 10.3. The summed E-state index contributed by atoms with van der Waals surface area (Å²) < 4.78 is 0. The molecule has 0 aliphatic carbocycles. The quantitative estimate of drug-likeness (QED) is 0.393. The number of carbonyl (C=O) groups is 3. The summed E-state index contributed by atoms with van der Waals surface area (Å²) in [5.41, 5.74) is 0. The molecule has 0 spiro atoms. The number of aliphatic hydroxyl groups excluding tert-OH is 1. The Morgan fingerprint density at radius 2 is 1.33 bits per heavy atom. The van der Waals surface area contributed by atoms with Crippen LogP contribution >= 0.6 is 0 Å². The van der Waals surface area contributed by atoms with Crippen molar-refractivity contribution >= 4 is 17.9 Å². The minimum Gasteiger partial charge on any atom is -0.547 e. The molecule has 0 bridgehead atoms. The fourth-order valence-corrected chi connectivity index (χ4v) is 0.887. The number of carboxylic acid groups (broad SMARTS) is 3. The Kier molecular flexibility index (Phi) is 22.6. The Labute approximate surface area is 170 Å². The van der Waals surface area contributed by atoms with Crippen LogP contribution in [0.3, 0.4) is 0 Å². The molecule has 86 valence electrons. The predicted molar refractivity (Wildman–Crippen MR) is 42.7 cm³/mol. The third-order valence-electron chi connectivity index (χ3n) is 1.42. The summed E-state index contributed by atoms with van der Waals surface area (Å²) in [6.07, 6.45) is -1.91. The van der Waals surface area contributed by atoms with Gasteiger partial charge in [-0.05, 0) is 0 Å². The van der Waals surface area contributed by atoms with Crippen molar-refractivity contribution < 1.29 is 123 Å². The van der Waals surface area contributed by atoms with Crippen LogP contribution in [0.5, 0.6) is 0 Å². The van der Waals surface area contributed by atoms with E-state index in [0.717, 1.165) is 4.90 Å². The van der Waals surface area contributed by atoms with E-state index in [1.807, 2.05) is 0 Å².